The number of esters is 1. The van der Waals surface area contributed by atoms with Crippen molar-refractivity contribution in [1.82, 2.24) is 4.57 Å². The van der Waals surface area contributed by atoms with Crippen molar-refractivity contribution in [1.29, 1.82) is 5.26 Å². The Bertz CT molecular complexity index is 1420. The van der Waals surface area contributed by atoms with E-state index in [-0.39, 0.29) is 31.3 Å². The van der Waals surface area contributed by atoms with Crippen LogP contribution in [0.1, 0.15) is 28.1 Å². The third-order valence-electron chi connectivity index (χ3n) is 5.78. The SMILES string of the molecule is COc1ccccc1-n1c(C)cc(C=C(C#N)C(=O)OCc2cc([N+](=O)[O-])cc3c2OCOC3)c1C. The number of nitro groups is 1. The van der Waals surface area contributed by atoms with Crippen molar-refractivity contribution in [2.75, 3.05) is 13.9 Å². The molecule has 0 radical (unpaired) electrons. The number of fused-ring (bicyclic) bond motifs is 1. The number of carbonyl (C=O) groups excluding carboxylic acids is 1. The van der Waals surface area contributed by atoms with Gasteiger partial charge in [-0.1, -0.05) is 12.1 Å². The number of hydrogen-bond acceptors (Lipinski definition) is 8. The summed E-state index contributed by atoms with van der Waals surface area (Å²) < 4.78 is 23.5. The number of methoxy groups -OCH3 is 1. The molecule has 0 saturated carbocycles. The van der Waals surface area contributed by atoms with Crippen LogP contribution >= 0.6 is 0 Å². The molecule has 1 aliphatic heterocycles. The van der Waals surface area contributed by atoms with Crippen LogP contribution in [0.3, 0.4) is 0 Å². The molecule has 4 rings (SSSR count). The zero-order chi connectivity index (χ0) is 25.8. The normalized spacial score (nSPS) is 12.8. The summed E-state index contributed by atoms with van der Waals surface area (Å²) in [6, 6.07) is 13.9. The number of nitriles is 1. The maximum absolute atomic E-state index is 12.8. The van der Waals surface area contributed by atoms with Crippen molar-refractivity contribution in [3.63, 3.8) is 0 Å². The number of aromatic nitrogens is 1. The van der Waals surface area contributed by atoms with Crippen molar-refractivity contribution in [3.05, 3.63) is 86.2 Å². The Hall–Kier alpha value is -4.62. The van der Waals surface area contributed by atoms with E-state index in [2.05, 4.69) is 0 Å². The number of nitrogens with zero attached hydrogens (tertiary/aromatic N) is 3. The van der Waals surface area contributed by atoms with Gasteiger partial charge in [-0.05, 0) is 43.7 Å². The largest absolute Gasteiger partial charge is 0.495 e. The molecule has 0 aliphatic carbocycles. The summed E-state index contributed by atoms with van der Waals surface area (Å²) in [6.07, 6.45) is 1.46. The number of non-ortho nitro benzene ring substituents is 1. The number of rotatable bonds is 7. The van der Waals surface area contributed by atoms with Gasteiger partial charge in [-0.15, -0.1) is 0 Å². The lowest BCUT2D eigenvalue weighted by molar-refractivity contribution is -0.385. The van der Waals surface area contributed by atoms with Gasteiger partial charge in [-0.2, -0.15) is 5.26 Å². The van der Waals surface area contributed by atoms with Gasteiger partial charge in [0.15, 0.2) is 6.79 Å². The lowest BCUT2D eigenvalue weighted by Crippen LogP contribution is -2.15. The van der Waals surface area contributed by atoms with Gasteiger partial charge in [-0.25, -0.2) is 4.79 Å². The fourth-order valence-electron chi connectivity index (χ4n) is 4.13. The van der Waals surface area contributed by atoms with Crippen molar-refractivity contribution < 1.29 is 28.7 Å². The van der Waals surface area contributed by atoms with Gasteiger partial charge in [0.25, 0.3) is 5.69 Å². The molecule has 0 fully saturated rings. The molecule has 36 heavy (non-hydrogen) atoms. The Labute approximate surface area is 207 Å². The first-order valence-electron chi connectivity index (χ1n) is 11.0. The molecule has 10 heteroatoms. The topological polar surface area (TPSA) is 126 Å². The van der Waals surface area contributed by atoms with E-state index in [1.54, 1.807) is 7.11 Å². The van der Waals surface area contributed by atoms with Crippen LogP contribution in [0.5, 0.6) is 11.5 Å². The summed E-state index contributed by atoms with van der Waals surface area (Å²) in [5.41, 5.74) is 3.61. The van der Waals surface area contributed by atoms with Crippen molar-refractivity contribution >= 4 is 17.7 Å². The van der Waals surface area contributed by atoms with E-state index in [4.69, 9.17) is 18.9 Å². The minimum Gasteiger partial charge on any atom is -0.495 e. The molecule has 2 heterocycles. The van der Waals surface area contributed by atoms with Crippen LogP contribution in [0, 0.1) is 35.3 Å². The first kappa shape index (κ1) is 24.5. The Kier molecular flexibility index (Phi) is 7.03. The molecular formula is C26H23N3O7. The molecule has 0 saturated heterocycles. The maximum atomic E-state index is 12.8. The highest BCUT2D eigenvalue weighted by Crippen LogP contribution is 2.33. The molecule has 184 valence electrons. The van der Waals surface area contributed by atoms with Crippen molar-refractivity contribution in [2.24, 2.45) is 0 Å². The first-order chi connectivity index (χ1) is 17.3. The van der Waals surface area contributed by atoms with E-state index in [0.29, 0.717) is 28.2 Å². The molecule has 3 aromatic rings. The van der Waals surface area contributed by atoms with Crippen LogP contribution in [0.25, 0.3) is 11.8 Å². The predicted octanol–water partition coefficient (Wildman–Crippen LogP) is 4.53. The van der Waals surface area contributed by atoms with Crippen LogP contribution in [0.15, 0.2) is 48.0 Å². The number of nitro benzene ring substituents is 1. The third-order valence-corrected chi connectivity index (χ3v) is 5.78. The third kappa shape index (κ3) is 4.78. The second kappa shape index (κ2) is 10.3. The molecule has 0 spiro atoms. The van der Waals surface area contributed by atoms with E-state index in [0.717, 1.165) is 17.1 Å². The molecule has 1 aliphatic rings. The monoisotopic (exact) mass is 489 g/mol. The predicted molar refractivity (Wildman–Crippen MR) is 129 cm³/mol. The number of para-hydroxylation sites is 2. The summed E-state index contributed by atoms with van der Waals surface area (Å²) in [4.78, 5) is 23.5. The van der Waals surface area contributed by atoms with Gasteiger partial charge in [-0.3, -0.25) is 10.1 Å². The lowest BCUT2D eigenvalue weighted by Gasteiger charge is -2.20. The molecule has 1 aromatic heterocycles. The number of benzene rings is 2. The second-order valence-corrected chi connectivity index (χ2v) is 8.04. The second-order valence-electron chi connectivity index (χ2n) is 8.04. The Morgan fingerprint density at radius 3 is 2.78 bits per heavy atom. The molecule has 0 bridgehead atoms. The zero-order valence-corrected chi connectivity index (χ0v) is 19.9. The van der Waals surface area contributed by atoms with Gasteiger partial charge in [0.2, 0.25) is 0 Å². The molecular weight excluding hydrogens is 466 g/mol. The minimum atomic E-state index is -0.855. The highest BCUT2D eigenvalue weighted by molar-refractivity contribution is 5.98. The van der Waals surface area contributed by atoms with Crippen LogP contribution in [-0.4, -0.2) is 29.4 Å². The van der Waals surface area contributed by atoms with Crippen LogP contribution < -0.4 is 9.47 Å². The number of hydrogen-bond donors (Lipinski definition) is 0. The summed E-state index contributed by atoms with van der Waals surface area (Å²) >= 11 is 0. The van der Waals surface area contributed by atoms with Gasteiger partial charge < -0.3 is 23.5 Å². The number of carbonyl (C=O) groups is 1. The number of ether oxygens (including phenoxy) is 4. The Balaban J connectivity index is 1.60. The Morgan fingerprint density at radius 2 is 2.06 bits per heavy atom. The average Bonchev–Trinajstić information content (AvgIpc) is 3.17. The summed E-state index contributed by atoms with van der Waals surface area (Å²) in [7, 11) is 1.59. The molecule has 0 unspecified atom stereocenters. The van der Waals surface area contributed by atoms with Crippen molar-refractivity contribution in [3.8, 4) is 23.3 Å². The molecule has 10 nitrogen and oxygen atoms in total. The summed E-state index contributed by atoms with van der Waals surface area (Å²) in [5, 5.41) is 20.9. The van der Waals surface area contributed by atoms with Crippen LogP contribution in [0.4, 0.5) is 5.69 Å². The van der Waals surface area contributed by atoms with Gasteiger partial charge in [0, 0.05) is 34.6 Å². The zero-order valence-electron chi connectivity index (χ0n) is 19.9. The fraction of sp³-hybridized carbons (Fsp3) is 0.231. The van der Waals surface area contributed by atoms with E-state index >= 15 is 0 Å². The molecule has 0 N–H and O–H groups in total. The van der Waals surface area contributed by atoms with Gasteiger partial charge in [0.1, 0.15) is 29.7 Å². The van der Waals surface area contributed by atoms with Gasteiger partial charge in [0.05, 0.1) is 24.3 Å². The lowest BCUT2D eigenvalue weighted by atomic mass is 10.1. The Morgan fingerprint density at radius 1 is 1.28 bits per heavy atom. The van der Waals surface area contributed by atoms with Gasteiger partial charge >= 0.3 is 5.97 Å². The van der Waals surface area contributed by atoms with Crippen molar-refractivity contribution in [2.45, 2.75) is 27.1 Å². The standard InChI is InChI=1S/C26H23N3O7/c1-16-8-18(17(2)28(16)23-6-4-5-7-24(23)33-3)9-19(12-27)26(30)35-14-21-11-22(29(31)32)10-20-13-34-15-36-25(20)21/h4-11H,13-15H2,1-3H3. The van der Waals surface area contributed by atoms with E-state index in [1.807, 2.05) is 54.8 Å². The summed E-state index contributed by atoms with van der Waals surface area (Å²) in [5.74, 6) is 0.206. The number of aryl methyl sites for hydroxylation is 1. The molecule has 0 amide bonds. The quantitative estimate of drug-likeness (QED) is 0.156. The van der Waals surface area contributed by atoms with Crippen LogP contribution in [0.2, 0.25) is 0 Å². The average molecular weight is 489 g/mol. The summed E-state index contributed by atoms with van der Waals surface area (Å²) in [6.45, 7) is 3.61. The highest BCUT2D eigenvalue weighted by atomic mass is 16.7. The fourth-order valence-corrected chi connectivity index (χ4v) is 4.13. The van der Waals surface area contributed by atoms with E-state index in [1.165, 1.54) is 18.2 Å². The highest BCUT2D eigenvalue weighted by Gasteiger charge is 2.23. The minimum absolute atomic E-state index is 0.0169. The first-order valence-corrected chi connectivity index (χ1v) is 11.0. The van der Waals surface area contributed by atoms with E-state index < -0.39 is 10.9 Å². The smallest absolute Gasteiger partial charge is 0.349 e. The van der Waals surface area contributed by atoms with E-state index in [9.17, 15) is 20.2 Å². The maximum Gasteiger partial charge on any atom is 0.349 e. The molecule has 2 aromatic carbocycles. The van der Waals surface area contributed by atoms with Crippen LogP contribution in [-0.2, 0) is 27.5 Å². The molecule has 0 atom stereocenters.